The molecule has 2 aromatic carbocycles. The lowest BCUT2D eigenvalue weighted by Crippen LogP contribution is -2.52. The lowest BCUT2D eigenvalue weighted by molar-refractivity contribution is -0.138. The van der Waals surface area contributed by atoms with Crippen LogP contribution in [0.25, 0.3) is 0 Å². The first-order valence-electron chi connectivity index (χ1n) is 13.6. The fraction of sp³-hybridized carbons (Fsp3) is 0.333. The maximum Gasteiger partial charge on any atom is 0.251 e. The predicted molar refractivity (Wildman–Crippen MR) is 152 cm³/mol. The first-order valence-corrected chi connectivity index (χ1v) is 15.2. The van der Waals surface area contributed by atoms with Crippen LogP contribution in [0, 0.1) is 0 Å². The fourth-order valence-electron chi connectivity index (χ4n) is 5.42. The molecular formula is C30H32N4O6S. The second-order valence-corrected chi connectivity index (χ2v) is 12.1. The number of sulfonamides is 1. The normalized spacial score (nSPS) is 19.5. The number of carbonyl (C=O) groups excluding carboxylic acids is 3. The number of pyridine rings is 1. The average Bonchev–Trinajstić information content (AvgIpc) is 3.55. The molecule has 0 saturated carbocycles. The van der Waals surface area contributed by atoms with Gasteiger partial charge in [0.15, 0.2) is 5.78 Å². The third-order valence-electron chi connectivity index (χ3n) is 7.35. The molecule has 3 atom stereocenters. The van der Waals surface area contributed by atoms with E-state index in [1.807, 2.05) is 37.3 Å². The van der Waals surface area contributed by atoms with Crippen molar-refractivity contribution in [1.82, 2.24) is 19.5 Å². The number of rotatable bonds is 10. The zero-order valence-electron chi connectivity index (χ0n) is 22.7. The smallest absolute Gasteiger partial charge is 0.251 e. The molecule has 10 nitrogen and oxygen atoms in total. The van der Waals surface area contributed by atoms with Crippen molar-refractivity contribution in [3.05, 3.63) is 90.3 Å². The molecule has 0 spiro atoms. The van der Waals surface area contributed by atoms with E-state index >= 15 is 0 Å². The number of carbonyl (C=O) groups is 3. The number of ketones is 1. The summed E-state index contributed by atoms with van der Waals surface area (Å²) in [4.78, 5) is 45.3. The predicted octanol–water partition coefficient (Wildman–Crippen LogP) is 3.16. The lowest BCUT2D eigenvalue weighted by atomic mass is 10.1. The molecule has 1 aromatic heterocycles. The van der Waals surface area contributed by atoms with Crippen LogP contribution in [0.15, 0.2) is 79.0 Å². The molecule has 2 amide bonds. The van der Waals surface area contributed by atoms with Crippen molar-refractivity contribution >= 4 is 27.6 Å². The van der Waals surface area contributed by atoms with E-state index in [4.69, 9.17) is 4.74 Å². The lowest BCUT2D eigenvalue weighted by Gasteiger charge is -2.28. The van der Waals surface area contributed by atoms with Gasteiger partial charge in [-0.15, -0.1) is 0 Å². The summed E-state index contributed by atoms with van der Waals surface area (Å²) >= 11 is 0. The number of nitrogens with zero attached hydrogens (tertiary/aromatic N) is 3. The van der Waals surface area contributed by atoms with Crippen molar-refractivity contribution in [2.24, 2.45) is 0 Å². The van der Waals surface area contributed by atoms with Crippen LogP contribution in [-0.2, 0) is 25.4 Å². The summed E-state index contributed by atoms with van der Waals surface area (Å²) in [5, 5.41) is 2.83. The molecule has 214 valence electrons. The molecule has 0 radical (unpaired) electrons. The number of nitrogens with one attached hydrogen (secondary N) is 1. The Bertz CT molecular complexity index is 1500. The van der Waals surface area contributed by atoms with E-state index in [2.05, 4.69) is 10.3 Å². The summed E-state index contributed by atoms with van der Waals surface area (Å²) in [5.74, 6) is -0.195. The number of benzene rings is 2. The Morgan fingerprint density at radius 3 is 2.41 bits per heavy atom. The Labute approximate surface area is 239 Å². The first kappa shape index (κ1) is 28.4. The van der Waals surface area contributed by atoms with E-state index in [1.54, 1.807) is 42.5 Å². The second kappa shape index (κ2) is 12.2. The number of aromatic nitrogens is 1. The molecule has 2 aliphatic heterocycles. The Kier molecular flexibility index (Phi) is 8.46. The number of ether oxygens (including phenoxy) is 1. The third-order valence-corrected chi connectivity index (χ3v) is 9.13. The van der Waals surface area contributed by atoms with Gasteiger partial charge in [0.05, 0.1) is 18.3 Å². The molecular weight excluding hydrogens is 544 g/mol. The molecule has 2 aliphatic rings. The van der Waals surface area contributed by atoms with Gasteiger partial charge in [0.2, 0.25) is 15.9 Å². The Hall–Kier alpha value is -4.09. The second-order valence-electron chi connectivity index (χ2n) is 10.2. The van der Waals surface area contributed by atoms with Gasteiger partial charge in [0.1, 0.15) is 29.3 Å². The average molecular weight is 577 g/mol. The highest BCUT2D eigenvalue weighted by Crippen LogP contribution is 2.33. The highest BCUT2D eigenvalue weighted by atomic mass is 32.2. The summed E-state index contributed by atoms with van der Waals surface area (Å²) in [6.45, 7) is 1.86. The van der Waals surface area contributed by atoms with Gasteiger partial charge in [0, 0.05) is 18.3 Å². The van der Waals surface area contributed by atoms with Crippen molar-refractivity contribution < 1.29 is 27.5 Å². The van der Waals surface area contributed by atoms with Gasteiger partial charge < -0.3 is 15.0 Å². The van der Waals surface area contributed by atoms with Gasteiger partial charge in [-0.25, -0.2) is 8.42 Å². The van der Waals surface area contributed by atoms with E-state index in [1.165, 1.54) is 15.4 Å². The standard InChI is InChI=1S/C30H32N4O6S/c1-2-8-25(32-29(36)21-12-14-24(15-13-21)40-23-10-4-3-5-11-23)30(37)33-18-16-26-28(33)27(35)19-34(26)41(38,39)20-22-9-6-7-17-31-22/h3-7,9-15,17,25-26,28H,2,8,16,18-20H2,1H3,(H,32,36). The van der Waals surface area contributed by atoms with Gasteiger partial charge in [-0.1, -0.05) is 37.6 Å². The van der Waals surface area contributed by atoms with Crippen LogP contribution in [0.4, 0.5) is 0 Å². The number of para-hydroxylation sites is 1. The zero-order valence-corrected chi connectivity index (χ0v) is 23.5. The maximum absolute atomic E-state index is 13.7. The monoisotopic (exact) mass is 576 g/mol. The number of fused-ring (bicyclic) bond motifs is 1. The van der Waals surface area contributed by atoms with E-state index in [0.717, 1.165) is 0 Å². The highest BCUT2D eigenvalue weighted by molar-refractivity contribution is 7.88. The van der Waals surface area contributed by atoms with Gasteiger partial charge in [-0.05, 0) is 61.4 Å². The quantitative estimate of drug-likeness (QED) is 0.393. The number of likely N-dealkylation sites (tertiary alicyclic amines) is 1. The topological polar surface area (TPSA) is 126 Å². The largest absolute Gasteiger partial charge is 0.457 e. The Morgan fingerprint density at radius 2 is 1.73 bits per heavy atom. The Balaban J connectivity index is 1.25. The minimum absolute atomic E-state index is 0.233. The number of amides is 2. The number of hydrogen-bond donors (Lipinski definition) is 1. The summed E-state index contributed by atoms with van der Waals surface area (Å²) < 4.78 is 33.4. The third kappa shape index (κ3) is 6.31. The highest BCUT2D eigenvalue weighted by Gasteiger charge is 2.54. The summed E-state index contributed by atoms with van der Waals surface area (Å²) in [7, 11) is -3.83. The fourth-order valence-corrected chi connectivity index (χ4v) is 7.09. The van der Waals surface area contributed by atoms with Crippen molar-refractivity contribution in [3.63, 3.8) is 0 Å². The molecule has 3 aromatic rings. The van der Waals surface area contributed by atoms with E-state index in [-0.39, 0.29) is 30.5 Å². The van der Waals surface area contributed by atoms with Crippen LogP contribution in [0.2, 0.25) is 0 Å². The molecule has 2 saturated heterocycles. The molecule has 2 fully saturated rings. The molecule has 11 heteroatoms. The van der Waals surface area contributed by atoms with E-state index in [9.17, 15) is 22.8 Å². The van der Waals surface area contributed by atoms with Crippen molar-refractivity contribution in [2.45, 2.75) is 50.1 Å². The van der Waals surface area contributed by atoms with Crippen LogP contribution in [0.5, 0.6) is 11.5 Å². The zero-order chi connectivity index (χ0) is 29.0. The maximum atomic E-state index is 13.7. The van der Waals surface area contributed by atoms with Crippen LogP contribution in [0.3, 0.4) is 0 Å². The molecule has 0 bridgehead atoms. The summed E-state index contributed by atoms with van der Waals surface area (Å²) in [6.07, 6.45) is 2.87. The van der Waals surface area contributed by atoms with Gasteiger partial charge in [-0.2, -0.15) is 4.31 Å². The van der Waals surface area contributed by atoms with Crippen LogP contribution >= 0.6 is 0 Å². The van der Waals surface area contributed by atoms with Crippen LogP contribution < -0.4 is 10.1 Å². The van der Waals surface area contributed by atoms with Gasteiger partial charge in [0.25, 0.3) is 5.91 Å². The van der Waals surface area contributed by atoms with Crippen LogP contribution in [0.1, 0.15) is 42.2 Å². The Morgan fingerprint density at radius 1 is 1.02 bits per heavy atom. The minimum Gasteiger partial charge on any atom is -0.457 e. The van der Waals surface area contributed by atoms with Crippen molar-refractivity contribution in [2.75, 3.05) is 13.1 Å². The first-order chi connectivity index (χ1) is 19.8. The van der Waals surface area contributed by atoms with Gasteiger partial charge in [-0.3, -0.25) is 19.4 Å². The summed E-state index contributed by atoms with van der Waals surface area (Å²) in [5.41, 5.74) is 0.752. The molecule has 41 heavy (non-hydrogen) atoms. The molecule has 0 aliphatic carbocycles. The summed E-state index contributed by atoms with van der Waals surface area (Å²) in [6, 6.07) is 18.6. The molecule has 1 N–H and O–H groups in total. The molecule has 3 unspecified atom stereocenters. The van der Waals surface area contributed by atoms with Crippen LogP contribution in [-0.4, -0.2) is 71.4 Å². The van der Waals surface area contributed by atoms with Crippen molar-refractivity contribution in [1.29, 1.82) is 0 Å². The SMILES string of the molecule is CCCC(NC(=O)c1ccc(Oc2ccccc2)cc1)C(=O)N1CCC2C1C(=O)CN2S(=O)(=O)Cc1ccccn1. The number of Topliss-reactive ketones (excluding diaryl/α,β-unsaturated/α-hetero) is 1. The van der Waals surface area contributed by atoms with E-state index in [0.29, 0.717) is 42.0 Å². The molecule has 3 heterocycles. The minimum atomic E-state index is -3.83. The molecule has 5 rings (SSSR count). The van der Waals surface area contributed by atoms with E-state index < -0.39 is 34.1 Å². The van der Waals surface area contributed by atoms with Gasteiger partial charge >= 0.3 is 0 Å². The number of hydrogen-bond acceptors (Lipinski definition) is 7. The van der Waals surface area contributed by atoms with Crippen molar-refractivity contribution in [3.8, 4) is 11.5 Å².